The molecule has 2 atom stereocenters. The zero-order valence-electron chi connectivity index (χ0n) is 16.0. The molecule has 2 unspecified atom stereocenters. The molecule has 2 amide bonds. The summed E-state index contributed by atoms with van der Waals surface area (Å²) in [5, 5.41) is 3.11. The van der Waals surface area contributed by atoms with Crippen LogP contribution in [0.1, 0.15) is 11.7 Å². The van der Waals surface area contributed by atoms with Crippen LogP contribution in [0.3, 0.4) is 0 Å². The smallest absolute Gasteiger partial charge is 0.471 e. The standard InChI is InChI=1S/C20H20F3N3O4/c1-29-13-7-8-16-14(9-13)25-15(18(30-16)12-5-3-2-4-6-12)10-26(11-17(24)27)19(28)20(21,22)23/h2-9,15,18,25H,10-11H2,1H3,(H2,24,27). The van der Waals surface area contributed by atoms with Crippen molar-refractivity contribution in [3.63, 3.8) is 0 Å². The van der Waals surface area contributed by atoms with Crippen molar-refractivity contribution >= 4 is 17.5 Å². The van der Waals surface area contributed by atoms with Crippen LogP contribution in [0.2, 0.25) is 0 Å². The number of nitrogens with one attached hydrogen (secondary N) is 1. The molecule has 1 aliphatic heterocycles. The molecule has 30 heavy (non-hydrogen) atoms. The summed E-state index contributed by atoms with van der Waals surface area (Å²) in [6.07, 6.45) is -5.86. The van der Waals surface area contributed by atoms with Gasteiger partial charge in [-0.05, 0) is 17.7 Å². The predicted octanol–water partition coefficient (Wildman–Crippen LogP) is 2.49. The van der Waals surface area contributed by atoms with Crippen LogP contribution in [0, 0.1) is 0 Å². The minimum atomic E-state index is -5.14. The normalized spacial score (nSPS) is 17.9. The SMILES string of the molecule is COc1ccc2c(c1)NC(CN(CC(N)=O)C(=O)C(F)(F)F)C(c1ccccc1)O2. The fourth-order valence-electron chi connectivity index (χ4n) is 3.25. The zero-order chi connectivity index (χ0) is 21.9. The third-order valence-corrected chi connectivity index (χ3v) is 4.57. The number of ether oxygens (including phenoxy) is 2. The number of hydrogen-bond donors (Lipinski definition) is 2. The van der Waals surface area contributed by atoms with Crippen LogP contribution in [-0.2, 0) is 9.59 Å². The van der Waals surface area contributed by atoms with Crippen molar-refractivity contribution in [3.05, 3.63) is 54.1 Å². The van der Waals surface area contributed by atoms with Crippen molar-refractivity contribution in [2.24, 2.45) is 5.73 Å². The molecule has 0 aliphatic carbocycles. The highest BCUT2D eigenvalue weighted by Crippen LogP contribution is 2.39. The Morgan fingerprint density at radius 3 is 2.50 bits per heavy atom. The van der Waals surface area contributed by atoms with Crippen LogP contribution in [0.4, 0.5) is 18.9 Å². The highest BCUT2D eigenvalue weighted by Gasteiger charge is 2.44. The molecule has 1 heterocycles. The quantitative estimate of drug-likeness (QED) is 0.745. The van der Waals surface area contributed by atoms with E-state index in [1.807, 2.05) is 0 Å². The summed E-state index contributed by atoms with van der Waals surface area (Å²) in [5.41, 5.74) is 6.25. The first-order valence-electron chi connectivity index (χ1n) is 8.99. The number of halogens is 3. The topological polar surface area (TPSA) is 93.9 Å². The molecule has 3 N–H and O–H groups in total. The maximum Gasteiger partial charge on any atom is 0.471 e. The number of methoxy groups -OCH3 is 1. The number of carbonyl (C=O) groups excluding carboxylic acids is 2. The van der Waals surface area contributed by atoms with Crippen LogP contribution < -0.4 is 20.5 Å². The average molecular weight is 423 g/mol. The van der Waals surface area contributed by atoms with Crippen LogP contribution in [0.15, 0.2) is 48.5 Å². The Labute approximate surface area is 170 Å². The van der Waals surface area contributed by atoms with Gasteiger partial charge >= 0.3 is 12.1 Å². The monoisotopic (exact) mass is 423 g/mol. The predicted molar refractivity (Wildman–Crippen MR) is 102 cm³/mol. The second-order valence-corrected chi connectivity index (χ2v) is 6.71. The first kappa shape index (κ1) is 21.3. The molecule has 0 fully saturated rings. The molecular weight excluding hydrogens is 403 g/mol. The van der Waals surface area contributed by atoms with Crippen molar-refractivity contribution in [1.29, 1.82) is 0 Å². The lowest BCUT2D eigenvalue weighted by Gasteiger charge is -2.38. The second-order valence-electron chi connectivity index (χ2n) is 6.71. The fraction of sp³-hybridized carbons (Fsp3) is 0.300. The number of alkyl halides is 3. The van der Waals surface area contributed by atoms with Gasteiger partial charge in [-0.1, -0.05) is 30.3 Å². The molecule has 2 aromatic rings. The van der Waals surface area contributed by atoms with E-state index in [-0.39, 0.29) is 0 Å². The number of primary amides is 1. The summed E-state index contributed by atoms with van der Waals surface area (Å²) in [6.45, 7) is -1.33. The van der Waals surface area contributed by atoms with Crippen LogP contribution >= 0.6 is 0 Å². The minimum Gasteiger partial charge on any atom is -0.497 e. The van der Waals surface area contributed by atoms with Gasteiger partial charge in [-0.15, -0.1) is 0 Å². The molecule has 0 radical (unpaired) electrons. The number of nitrogens with zero attached hydrogens (tertiary/aromatic N) is 1. The molecule has 2 aromatic carbocycles. The Balaban J connectivity index is 1.96. The van der Waals surface area contributed by atoms with Crippen LogP contribution in [0.5, 0.6) is 11.5 Å². The number of carbonyl (C=O) groups is 2. The van der Waals surface area contributed by atoms with Gasteiger partial charge < -0.3 is 25.4 Å². The van der Waals surface area contributed by atoms with Gasteiger partial charge in [0.1, 0.15) is 17.6 Å². The Kier molecular flexibility index (Phi) is 6.04. The van der Waals surface area contributed by atoms with Crippen molar-refractivity contribution in [2.75, 3.05) is 25.5 Å². The molecule has 1 aliphatic rings. The molecule has 160 valence electrons. The molecule has 0 saturated heterocycles. The molecule has 3 rings (SSSR count). The van der Waals surface area contributed by atoms with E-state index in [1.54, 1.807) is 48.5 Å². The van der Waals surface area contributed by atoms with E-state index in [2.05, 4.69) is 5.32 Å². The van der Waals surface area contributed by atoms with Gasteiger partial charge in [0.25, 0.3) is 0 Å². The maximum absolute atomic E-state index is 13.1. The van der Waals surface area contributed by atoms with Crippen LogP contribution in [-0.4, -0.2) is 49.1 Å². The Bertz CT molecular complexity index is 921. The first-order chi connectivity index (χ1) is 14.2. The summed E-state index contributed by atoms with van der Waals surface area (Å²) in [6, 6.07) is 13.1. The number of anilines is 1. The van der Waals surface area contributed by atoms with Crippen LogP contribution in [0.25, 0.3) is 0 Å². The highest BCUT2D eigenvalue weighted by atomic mass is 19.4. The molecule has 0 saturated carbocycles. The first-order valence-corrected chi connectivity index (χ1v) is 8.99. The number of fused-ring (bicyclic) bond motifs is 1. The highest BCUT2D eigenvalue weighted by molar-refractivity contribution is 5.87. The van der Waals surface area contributed by atoms with Gasteiger partial charge in [-0.25, -0.2) is 0 Å². The third kappa shape index (κ3) is 4.76. The molecule has 7 nitrogen and oxygen atoms in total. The van der Waals surface area contributed by atoms with E-state index in [0.717, 1.165) is 0 Å². The van der Waals surface area contributed by atoms with Crippen molar-refractivity contribution in [1.82, 2.24) is 4.90 Å². The van der Waals surface area contributed by atoms with Gasteiger partial charge in [0, 0.05) is 12.6 Å². The lowest BCUT2D eigenvalue weighted by atomic mass is 9.99. The summed E-state index contributed by atoms with van der Waals surface area (Å²) >= 11 is 0. The average Bonchev–Trinajstić information content (AvgIpc) is 2.71. The number of nitrogens with two attached hydrogens (primary N) is 1. The maximum atomic E-state index is 13.1. The van der Waals surface area contributed by atoms with E-state index in [0.29, 0.717) is 27.6 Å². The minimum absolute atomic E-state index is 0.379. The van der Waals surface area contributed by atoms with E-state index in [4.69, 9.17) is 15.2 Å². The van der Waals surface area contributed by atoms with E-state index >= 15 is 0 Å². The second kappa shape index (κ2) is 8.52. The lowest BCUT2D eigenvalue weighted by molar-refractivity contribution is -0.186. The zero-order valence-corrected chi connectivity index (χ0v) is 16.0. The number of benzene rings is 2. The van der Waals surface area contributed by atoms with Gasteiger partial charge in [-0.3, -0.25) is 9.59 Å². The fourth-order valence-corrected chi connectivity index (χ4v) is 3.25. The van der Waals surface area contributed by atoms with Crippen molar-refractivity contribution < 1.29 is 32.2 Å². The largest absolute Gasteiger partial charge is 0.497 e. The van der Waals surface area contributed by atoms with E-state index < -0.39 is 43.2 Å². The molecule has 0 spiro atoms. The van der Waals surface area contributed by atoms with Gasteiger partial charge in [0.15, 0.2) is 0 Å². The number of amides is 2. The molecule has 0 aromatic heterocycles. The number of hydrogen-bond acceptors (Lipinski definition) is 5. The van der Waals surface area contributed by atoms with Gasteiger partial charge in [-0.2, -0.15) is 13.2 Å². The molecule has 0 bridgehead atoms. The third-order valence-electron chi connectivity index (χ3n) is 4.57. The Morgan fingerprint density at radius 1 is 1.20 bits per heavy atom. The van der Waals surface area contributed by atoms with Crippen molar-refractivity contribution in [3.8, 4) is 11.5 Å². The Hall–Kier alpha value is -3.43. The van der Waals surface area contributed by atoms with Crippen molar-refractivity contribution in [2.45, 2.75) is 18.3 Å². The van der Waals surface area contributed by atoms with Gasteiger partial charge in [0.2, 0.25) is 5.91 Å². The molecular formula is C20H20F3N3O4. The van der Waals surface area contributed by atoms with E-state index in [9.17, 15) is 22.8 Å². The Morgan fingerprint density at radius 2 is 1.90 bits per heavy atom. The number of rotatable bonds is 6. The summed E-state index contributed by atoms with van der Waals surface area (Å²) in [5.74, 6) is -2.21. The summed E-state index contributed by atoms with van der Waals surface area (Å²) in [7, 11) is 1.48. The van der Waals surface area contributed by atoms with Gasteiger partial charge in [0.05, 0.1) is 25.4 Å². The van der Waals surface area contributed by atoms with E-state index in [1.165, 1.54) is 7.11 Å². The molecule has 10 heteroatoms. The summed E-state index contributed by atoms with van der Waals surface area (Å²) < 4.78 is 50.4. The summed E-state index contributed by atoms with van der Waals surface area (Å²) in [4.78, 5) is 23.6. The lowest BCUT2D eigenvalue weighted by Crippen LogP contribution is -2.52.